The second kappa shape index (κ2) is 10.3. The summed E-state index contributed by atoms with van der Waals surface area (Å²) in [6, 6.07) is 1.99. The third-order valence-corrected chi connectivity index (χ3v) is 5.40. The number of nitrogens with two attached hydrogens (primary N) is 1. The SMILES string of the molecule is CCc1cnc(N2CCC(CCCOc3cc(F)c(C(=O)NN)c(F)c3)CC2)nc1. The first-order chi connectivity index (χ1) is 14.5. The predicted molar refractivity (Wildman–Crippen MR) is 109 cm³/mol. The van der Waals surface area contributed by atoms with Crippen LogP contribution in [-0.4, -0.2) is 35.6 Å². The highest BCUT2D eigenvalue weighted by molar-refractivity contribution is 5.94. The van der Waals surface area contributed by atoms with Crippen LogP contribution in [0.5, 0.6) is 5.75 Å². The number of aryl methyl sites for hydroxylation is 1. The molecular formula is C21H27F2N5O2. The van der Waals surface area contributed by atoms with Crippen LogP contribution in [0.2, 0.25) is 0 Å². The van der Waals surface area contributed by atoms with E-state index in [1.807, 2.05) is 12.4 Å². The zero-order valence-corrected chi connectivity index (χ0v) is 17.0. The number of nitrogens with zero attached hydrogens (tertiary/aromatic N) is 3. The largest absolute Gasteiger partial charge is 0.493 e. The molecule has 9 heteroatoms. The molecule has 0 aliphatic carbocycles. The fraction of sp³-hybridized carbons (Fsp3) is 0.476. The highest BCUT2D eigenvalue weighted by Gasteiger charge is 2.21. The van der Waals surface area contributed by atoms with E-state index in [0.717, 1.165) is 68.8 Å². The fourth-order valence-corrected chi connectivity index (χ4v) is 3.60. The Bertz CT molecular complexity index is 832. The van der Waals surface area contributed by atoms with Crippen molar-refractivity contribution in [2.24, 2.45) is 11.8 Å². The molecule has 1 fully saturated rings. The Morgan fingerprint density at radius 3 is 2.43 bits per heavy atom. The van der Waals surface area contributed by atoms with Gasteiger partial charge in [0.15, 0.2) is 0 Å². The van der Waals surface area contributed by atoms with Crippen molar-refractivity contribution in [1.82, 2.24) is 15.4 Å². The third kappa shape index (κ3) is 5.41. The van der Waals surface area contributed by atoms with E-state index in [9.17, 15) is 13.6 Å². The summed E-state index contributed by atoms with van der Waals surface area (Å²) >= 11 is 0. The van der Waals surface area contributed by atoms with Gasteiger partial charge in [0.05, 0.1) is 6.61 Å². The molecular weight excluding hydrogens is 392 g/mol. The van der Waals surface area contributed by atoms with Gasteiger partial charge < -0.3 is 9.64 Å². The lowest BCUT2D eigenvalue weighted by Gasteiger charge is -2.32. The van der Waals surface area contributed by atoms with Crippen molar-refractivity contribution < 1.29 is 18.3 Å². The molecule has 0 spiro atoms. The van der Waals surface area contributed by atoms with E-state index in [0.29, 0.717) is 12.5 Å². The normalized spacial score (nSPS) is 14.6. The molecule has 1 aliphatic heterocycles. The number of hydrazine groups is 1. The van der Waals surface area contributed by atoms with Crippen molar-refractivity contribution in [1.29, 1.82) is 0 Å². The van der Waals surface area contributed by atoms with Crippen LogP contribution in [0.15, 0.2) is 24.5 Å². The zero-order chi connectivity index (χ0) is 21.5. The summed E-state index contributed by atoms with van der Waals surface area (Å²) in [6.45, 7) is 4.26. The number of halogens is 2. The molecule has 0 saturated carbocycles. The van der Waals surface area contributed by atoms with E-state index >= 15 is 0 Å². The smallest absolute Gasteiger partial charge is 0.271 e. The average Bonchev–Trinajstić information content (AvgIpc) is 2.76. The summed E-state index contributed by atoms with van der Waals surface area (Å²) in [4.78, 5) is 22.5. The van der Waals surface area contributed by atoms with Crippen LogP contribution in [0, 0.1) is 17.6 Å². The molecule has 162 valence electrons. The van der Waals surface area contributed by atoms with Gasteiger partial charge in [0, 0.05) is 37.6 Å². The van der Waals surface area contributed by atoms with Crippen molar-refractivity contribution in [2.75, 3.05) is 24.6 Å². The van der Waals surface area contributed by atoms with E-state index in [1.54, 1.807) is 5.43 Å². The predicted octanol–water partition coefficient (Wildman–Crippen LogP) is 3.00. The Labute approximate surface area is 174 Å². The first kappa shape index (κ1) is 21.9. The molecule has 1 amide bonds. The second-order valence-electron chi connectivity index (χ2n) is 7.40. The lowest BCUT2D eigenvalue weighted by atomic mass is 9.92. The van der Waals surface area contributed by atoms with Crippen LogP contribution in [0.3, 0.4) is 0 Å². The van der Waals surface area contributed by atoms with Crippen LogP contribution < -0.4 is 20.9 Å². The maximum atomic E-state index is 13.9. The average molecular weight is 419 g/mol. The molecule has 0 unspecified atom stereocenters. The maximum absolute atomic E-state index is 13.9. The molecule has 3 N–H and O–H groups in total. The highest BCUT2D eigenvalue weighted by atomic mass is 19.1. The maximum Gasteiger partial charge on any atom is 0.271 e. The minimum absolute atomic E-state index is 0.0565. The molecule has 0 radical (unpaired) electrons. The second-order valence-corrected chi connectivity index (χ2v) is 7.40. The molecule has 3 rings (SSSR count). The van der Waals surface area contributed by atoms with E-state index in [2.05, 4.69) is 21.8 Å². The Morgan fingerprint density at radius 2 is 1.87 bits per heavy atom. The molecule has 0 bridgehead atoms. The summed E-state index contributed by atoms with van der Waals surface area (Å²) in [5.74, 6) is 3.31. The van der Waals surface area contributed by atoms with Gasteiger partial charge >= 0.3 is 0 Å². The van der Waals surface area contributed by atoms with E-state index < -0.39 is 23.1 Å². The van der Waals surface area contributed by atoms with Crippen LogP contribution in [0.1, 0.15) is 48.5 Å². The highest BCUT2D eigenvalue weighted by Crippen LogP contribution is 2.25. The van der Waals surface area contributed by atoms with Gasteiger partial charge in [-0.15, -0.1) is 0 Å². The van der Waals surface area contributed by atoms with Gasteiger partial charge in [-0.25, -0.2) is 24.6 Å². The number of aromatic nitrogens is 2. The van der Waals surface area contributed by atoms with E-state index in [1.165, 1.54) is 0 Å². The molecule has 0 atom stereocenters. The number of carbonyl (C=O) groups is 1. The van der Waals surface area contributed by atoms with Gasteiger partial charge in [0.1, 0.15) is 22.9 Å². The lowest BCUT2D eigenvalue weighted by Crippen LogP contribution is -2.35. The number of piperidine rings is 1. The minimum atomic E-state index is -1.02. The van der Waals surface area contributed by atoms with Crippen LogP contribution >= 0.6 is 0 Å². The number of hydrogen-bond acceptors (Lipinski definition) is 6. The van der Waals surface area contributed by atoms with Crippen LogP contribution in [-0.2, 0) is 6.42 Å². The van der Waals surface area contributed by atoms with Crippen LogP contribution in [0.4, 0.5) is 14.7 Å². The summed E-state index contributed by atoms with van der Waals surface area (Å²) in [6.07, 6.45) is 8.54. The monoisotopic (exact) mass is 419 g/mol. The molecule has 7 nitrogen and oxygen atoms in total. The minimum Gasteiger partial charge on any atom is -0.493 e. The summed E-state index contributed by atoms with van der Waals surface area (Å²) in [5, 5.41) is 0. The molecule has 1 aromatic heterocycles. The lowest BCUT2D eigenvalue weighted by molar-refractivity contribution is 0.0945. The van der Waals surface area contributed by atoms with Crippen LogP contribution in [0.25, 0.3) is 0 Å². The number of benzene rings is 1. The van der Waals surface area contributed by atoms with Crippen molar-refractivity contribution in [3.63, 3.8) is 0 Å². The van der Waals surface area contributed by atoms with Gasteiger partial charge in [-0.1, -0.05) is 6.92 Å². The Hall–Kier alpha value is -2.81. The van der Waals surface area contributed by atoms with E-state index in [-0.39, 0.29) is 5.75 Å². The van der Waals surface area contributed by atoms with Crippen molar-refractivity contribution in [3.8, 4) is 5.75 Å². The van der Waals surface area contributed by atoms with Gasteiger partial charge in [0.2, 0.25) is 5.95 Å². The number of hydrogen-bond donors (Lipinski definition) is 2. The molecule has 1 aliphatic rings. The number of carbonyl (C=O) groups excluding carboxylic acids is 1. The van der Waals surface area contributed by atoms with Crippen molar-refractivity contribution in [2.45, 2.75) is 39.0 Å². The van der Waals surface area contributed by atoms with E-state index in [4.69, 9.17) is 10.6 Å². The summed E-state index contributed by atoms with van der Waals surface area (Å²) < 4.78 is 33.3. The number of amides is 1. The Morgan fingerprint density at radius 1 is 1.23 bits per heavy atom. The molecule has 2 aromatic rings. The first-order valence-electron chi connectivity index (χ1n) is 10.2. The summed E-state index contributed by atoms with van der Waals surface area (Å²) in [5.41, 5.74) is 2.13. The van der Waals surface area contributed by atoms with Gasteiger partial charge in [-0.2, -0.15) is 0 Å². The quantitative estimate of drug-likeness (QED) is 0.296. The van der Waals surface area contributed by atoms with Crippen molar-refractivity contribution in [3.05, 3.63) is 47.3 Å². The first-order valence-corrected chi connectivity index (χ1v) is 10.2. The Balaban J connectivity index is 1.41. The van der Waals surface area contributed by atoms with Gasteiger partial charge in [-0.3, -0.25) is 10.2 Å². The number of nitrogen functional groups attached to an aromatic ring is 1. The zero-order valence-electron chi connectivity index (χ0n) is 17.0. The van der Waals surface area contributed by atoms with Gasteiger partial charge in [-0.05, 0) is 43.6 Å². The fourth-order valence-electron chi connectivity index (χ4n) is 3.60. The number of rotatable bonds is 8. The third-order valence-electron chi connectivity index (χ3n) is 5.40. The van der Waals surface area contributed by atoms with Crippen molar-refractivity contribution >= 4 is 11.9 Å². The number of ether oxygens (including phenoxy) is 1. The summed E-state index contributed by atoms with van der Waals surface area (Å²) in [7, 11) is 0. The number of anilines is 1. The molecule has 1 saturated heterocycles. The molecule has 30 heavy (non-hydrogen) atoms. The molecule has 2 heterocycles. The number of nitrogens with one attached hydrogen (secondary N) is 1. The van der Waals surface area contributed by atoms with Gasteiger partial charge in [0.25, 0.3) is 5.91 Å². The topological polar surface area (TPSA) is 93.4 Å². The molecule has 1 aromatic carbocycles. The standard InChI is InChI=1S/C21H27F2N5O2/c1-2-14-12-25-21(26-13-14)28-7-5-15(6-8-28)4-3-9-30-16-10-17(22)19(18(23)11-16)20(29)27-24/h10-13,15H,2-9,24H2,1H3,(H,27,29). The Kier molecular flexibility index (Phi) is 7.51.